The lowest BCUT2D eigenvalue weighted by molar-refractivity contribution is -0.117. The molecule has 4 N–H and O–H groups in total. The van der Waals surface area contributed by atoms with Gasteiger partial charge in [0.05, 0.1) is 5.75 Å². The Morgan fingerprint density at radius 1 is 1.47 bits per heavy atom. The molecule has 3 amide bonds. The molecule has 0 saturated carbocycles. The normalized spacial score (nSPS) is 9.74. The van der Waals surface area contributed by atoms with Gasteiger partial charge in [0.2, 0.25) is 5.91 Å². The molecule has 6 heteroatoms. The minimum Gasteiger partial charge on any atom is -0.398 e. The molecule has 19 heavy (non-hydrogen) atoms. The number of amides is 3. The highest BCUT2D eigenvalue weighted by Crippen LogP contribution is 2.26. The smallest absolute Gasteiger partial charge is 0.321 e. The van der Waals surface area contributed by atoms with Crippen molar-refractivity contribution in [3.63, 3.8) is 0 Å². The van der Waals surface area contributed by atoms with Crippen molar-refractivity contribution in [1.82, 2.24) is 10.6 Å². The summed E-state index contributed by atoms with van der Waals surface area (Å²) in [5.74, 6) is -0.234. The number of imide groups is 1. The van der Waals surface area contributed by atoms with Crippen molar-refractivity contribution in [3.05, 3.63) is 36.4 Å². The van der Waals surface area contributed by atoms with Crippen molar-refractivity contribution in [3.8, 4) is 0 Å². The molecule has 1 aromatic carbocycles. The highest BCUT2D eigenvalue weighted by molar-refractivity contribution is 8.00. The highest BCUT2D eigenvalue weighted by Gasteiger charge is 2.09. The largest absolute Gasteiger partial charge is 0.398 e. The number of hydrogen-bond acceptors (Lipinski definition) is 4. The summed E-state index contributed by atoms with van der Waals surface area (Å²) in [7, 11) is 0. The third kappa shape index (κ3) is 5.05. The number of urea groups is 1. The van der Waals surface area contributed by atoms with E-state index in [2.05, 4.69) is 17.2 Å². The number of carbonyl (C=O) groups excluding carboxylic acids is 2. The van der Waals surface area contributed by atoms with Crippen molar-refractivity contribution >= 4 is 29.4 Å². The van der Waals surface area contributed by atoms with E-state index < -0.39 is 6.03 Å². The standard InChI is InChI=1S/C13H17N3O2S/c1-3-7-15-13(18)16-11(17)8-19-10-6-4-5-9(2)12(10)14/h3-6H,1,7-8,14H2,2H3,(H2,15,16,17,18). The van der Waals surface area contributed by atoms with Crippen molar-refractivity contribution in [2.45, 2.75) is 11.8 Å². The molecule has 0 aliphatic heterocycles. The predicted octanol–water partition coefficient (Wildman–Crippen LogP) is 1.68. The van der Waals surface area contributed by atoms with Gasteiger partial charge < -0.3 is 11.1 Å². The van der Waals surface area contributed by atoms with Crippen LogP contribution in [0.2, 0.25) is 0 Å². The molecule has 0 fully saturated rings. The first kappa shape index (κ1) is 15.1. The number of anilines is 1. The third-order valence-electron chi connectivity index (χ3n) is 2.30. The SMILES string of the molecule is C=CCNC(=O)NC(=O)CSc1cccc(C)c1N. The van der Waals surface area contributed by atoms with E-state index in [9.17, 15) is 9.59 Å². The van der Waals surface area contributed by atoms with Crippen LogP contribution in [0.4, 0.5) is 10.5 Å². The van der Waals surface area contributed by atoms with Crippen LogP contribution < -0.4 is 16.4 Å². The lowest BCUT2D eigenvalue weighted by Gasteiger charge is -2.08. The van der Waals surface area contributed by atoms with Crippen LogP contribution in [0.15, 0.2) is 35.7 Å². The molecule has 0 radical (unpaired) electrons. The zero-order valence-corrected chi connectivity index (χ0v) is 11.5. The van der Waals surface area contributed by atoms with Gasteiger partial charge in [-0.1, -0.05) is 18.2 Å². The molecule has 0 saturated heterocycles. The Balaban J connectivity index is 2.44. The summed E-state index contributed by atoms with van der Waals surface area (Å²) in [6.45, 7) is 5.68. The highest BCUT2D eigenvalue weighted by atomic mass is 32.2. The maximum Gasteiger partial charge on any atom is 0.321 e. The third-order valence-corrected chi connectivity index (χ3v) is 3.38. The first-order valence-corrected chi connectivity index (χ1v) is 6.69. The molecule has 0 atom stereocenters. The predicted molar refractivity (Wildman–Crippen MR) is 78.1 cm³/mol. The van der Waals surface area contributed by atoms with Crippen molar-refractivity contribution in [2.75, 3.05) is 18.0 Å². The van der Waals surface area contributed by atoms with E-state index in [1.165, 1.54) is 17.8 Å². The average molecular weight is 279 g/mol. The lowest BCUT2D eigenvalue weighted by atomic mass is 10.2. The van der Waals surface area contributed by atoms with Gasteiger partial charge in [-0.3, -0.25) is 10.1 Å². The van der Waals surface area contributed by atoms with Gasteiger partial charge >= 0.3 is 6.03 Å². The number of carbonyl (C=O) groups is 2. The Bertz CT molecular complexity index is 489. The molecule has 0 spiro atoms. The Morgan fingerprint density at radius 3 is 2.89 bits per heavy atom. The molecule has 102 valence electrons. The Morgan fingerprint density at radius 2 is 2.21 bits per heavy atom. The average Bonchev–Trinajstić information content (AvgIpc) is 2.38. The van der Waals surface area contributed by atoms with Gasteiger partial charge in [0, 0.05) is 17.1 Å². The van der Waals surface area contributed by atoms with Gasteiger partial charge in [-0.2, -0.15) is 0 Å². The Kier molecular flexibility index (Phi) is 5.95. The molecule has 0 heterocycles. The molecule has 1 rings (SSSR count). The zero-order chi connectivity index (χ0) is 14.3. The van der Waals surface area contributed by atoms with E-state index >= 15 is 0 Å². The fourth-order valence-corrected chi connectivity index (χ4v) is 2.14. The molecule has 0 bridgehead atoms. The number of thioether (sulfide) groups is 1. The Hall–Kier alpha value is -1.95. The van der Waals surface area contributed by atoms with Gasteiger partial charge in [0.25, 0.3) is 0 Å². The van der Waals surface area contributed by atoms with Gasteiger partial charge in [-0.05, 0) is 18.6 Å². The number of para-hydroxylation sites is 1. The molecule has 5 nitrogen and oxygen atoms in total. The van der Waals surface area contributed by atoms with Crippen LogP contribution >= 0.6 is 11.8 Å². The minimum absolute atomic E-state index is 0.134. The van der Waals surface area contributed by atoms with Crippen LogP contribution in [0.25, 0.3) is 0 Å². The van der Waals surface area contributed by atoms with E-state index in [0.29, 0.717) is 12.2 Å². The molecule has 0 aromatic heterocycles. The molecule has 0 aliphatic rings. The van der Waals surface area contributed by atoms with Crippen molar-refractivity contribution < 1.29 is 9.59 Å². The molecule has 1 aromatic rings. The number of rotatable bonds is 5. The second-order valence-electron chi connectivity index (χ2n) is 3.82. The number of nitrogens with one attached hydrogen (secondary N) is 2. The van der Waals surface area contributed by atoms with Crippen molar-refractivity contribution in [2.24, 2.45) is 0 Å². The van der Waals surface area contributed by atoms with E-state index in [1.54, 1.807) is 0 Å². The summed E-state index contributed by atoms with van der Waals surface area (Å²) < 4.78 is 0. The second kappa shape index (κ2) is 7.48. The van der Waals surface area contributed by atoms with Crippen molar-refractivity contribution in [1.29, 1.82) is 0 Å². The number of nitrogen functional groups attached to an aromatic ring is 1. The fourth-order valence-electron chi connectivity index (χ4n) is 1.29. The summed E-state index contributed by atoms with van der Waals surface area (Å²) >= 11 is 1.30. The van der Waals surface area contributed by atoms with Crippen LogP contribution in [0.5, 0.6) is 0 Å². The van der Waals surface area contributed by atoms with Gasteiger partial charge in [-0.25, -0.2) is 4.79 Å². The zero-order valence-electron chi connectivity index (χ0n) is 10.7. The Labute approximate surface area is 116 Å². The quantitative estimate of drug-likeness (QED) is 0.435. The fraction of sp³-hybridized carbons (Fsp3) is 0.231. The minimum atomic E-state index is -0.525. The first-order valence-electron chi connectivity index (χ1n) is 5.71. The topological polar surface area (TPSA) is 84.2 Å². The van der Waals surface area contributed by atoms with E-state index in [0.717, 1.165) is 10.5 Å². The van der Waals surface area contributed by atoms with Crippen LogP contribution in [-0.4, -0.2) is 24.2 Å². The van der Waals surface area contributed by atoms with Crippen LogP contribution in [-0.2, 0) is 4.79 Å². The van der Waals surface area contributed by atoms with Gasteiger partial charge in [0.1, 0.15) is 0 Å². The maximum atomic E-state index is 11.5. The molecular weight excluding hydrogens is 262 g/mol. The van der Waals surface area contributed by atoms with Gasteiger partial charge in [-0.15, -0.1) is 18.3 Å². The van der Waals surface area contributed by atoms with Crippen LogP contribution in [0.3, 0.4) is 0 Å². The monoisotopic (exact) mass is 279 g/mol. The molecule has 0 unspecified atom stereocenters. The first-order chi connectivity index (χ1) is 9.04. The van der Waals surface area contributed by atoms with E-state index in [4.69, 9.17) is 5.73 Å². The number of nitrogens with two attached hydrogens (primary N) is 1. The van der Waals surface area contributed by atoms with Crippen LogP contribution in [0.1, 0.15) is 5.56 Å². The van der Waals surface area contributed by atoms with E-state index in [1.807, 2.05) is 25.1 Å². The summed E-state index contributed by atoms with van der Waals surface area (Å²) in [6, 6.07) is 5.10. The second-order valence-corrected chi connectivity index (χ2v) is 4.84. The maximum absolute atomic E-state index is 11.5. The summed E-state index contributed by atoms with van der Waals surface area (Å²) in [5.41, 5.74) is 7.52. The summed E-state index contributed by atoms with van der Waals surface area (Å²) in [6.07, 6.45) is 1.53. The molecular formula is C13H17N3O2S. The van der Waals surface area contributed by atoms with Crippen LogP contribution in [0, 0.1) is 6.92 Å². The number of aryl methyl sites for hydroxylation is 1. The summed E-state index contributed by atoms with van der Waals surface area (Å²) in [4.78, 5) is 23.6. The summed E-state index contributed by atoms with van der Waals surface area (Å²) in [5, 5.41) is 4.68. The molecule has 0 aliphatic carbocycles. The number of benzene rings is 1. The van der Waals surface area contributed by atoms with E-state index in [-0.39, 0.29) is 11.7 Å². The lowest BCUT2D eigenvalue weighted by Crippen LogP contribution is -2.40. The van der Waals surface area contributed by atoms with Gasteiger partial charge in [0.15, 0.2) is 0 Å². The number of hydrogen-bond donors (Lipinski definition) is 3.